The van der Waals surface area contributed by atoms with Crippen molar-refractivity contribution >= 4 is 34.3 Å². The molecule has 0 radical (unpaired) electrons. The minimum atomic E-state index is -0.545. The lowest BCUT2D eigenvalue weighted by atomic mass is 10.2. The molecule has 0 saturated heterocycles. The van der Waals surface area contributed by atoms with Crippen LogP contribution in [-0.4, -0.2) is 10.9 Å². The van der Waals surface area contributed by atoms with Gasteiger partial charge in [0.2, 0.25) is 5.22 Å². The zero-order chi connectivity index (χ0) is 13.4. The van der Waals surface area contributed by atoms with Crippen molar-refractivity contribution in [1.29, 1.82) is 0 Å². The molecular formula is C12H7ClN2O4. The van der Waals surface area contributed by atoms with Crippen molar-refractivity contribution in [2.45, 2.75) is 0 Å². The average Bonchev–Trinajstić information content (AvgIpc) is 2.93. The highest BCUT2D eigenvalue weighted by atomic mass is 35.5. The number of fused-ring (bicyclic) bond motifs is 1. The molecule has 7 heteroatoms. The van der Waals surface area contributed by atoms with Gasteiger partial charge in [-0.1, -0.05) is 0 Å². The molecule has 0 bridgehead atoms. The second kappa shape index (κ2) is 4.33. The number of furan rings is 1. The molecule has 2 heterocycles. The molecule has 0 aliphatic carbocycles. The Labute approximate surface area is 111 Å². The molecule has 3 aromatic rings. The van der Waals surface area contributed by atoms with Crippen LogP contribution in [0.5, 0.6) is 0 Å². The zero-order valence-electron chi connectivity index (χ0n) is 9.40. The average molecular weight is 279 g/mol. The van der Waals surface area contributed by atoms with Crippen LogP contribution in [0.1, 0.15) is 10.4 Å². The predicted molar refractivity (Wildman–Crippen MR) is 68.5 cm³/mol. The molecule has 96 valence electrons. The van der Waals surface area contributed by atoms with Crippen LogP contribution < -0.4 is 11.1 Å². The number of benzene rings is 1. The van der Waals surface area contributed by atoms with E-state index in [1.54, 1.807) is 18.2 Å². The van der Waals surface area contributed by atoms with Crippen LogP contribution in [0.15, 0.2) is 44.2 Å². The Morgan fingerprint density at radius 1 is 1.32 bits per heavy atom. The molecule has 2 aromatic heterocycles. The third-order valence-corrected chi connectivity index (χ3v) is 2.83. The van der Waals surface area contributed by atoms with Gasteiger partial charge in [-0.3, -0.25) is 9.78 Å². The van der Waals surface area contributed by atoms with E-state index in [0.717, 1.165) is 0 Å². The van der Waals surface area contributed by atoms with E-state index in [9.17, 15) is 9.59 Å². The maximum atomic E-state index is 11.9. The first kappa shape index (κ1) is 11.6. The van der Waals surface area contributed by atoms with Crippen LogP contribution in [-0.2, 0) is 0 Å². The number of carbonyl (C=O) groups excluding carboxylic acids is 1. The van der Waals surface area contributed by atoms with Gasteiger partial charge in [0, 0.05) is 5.69 Å². The van der Waals surface area contributed by atoms with Gasteiger partial charge in [0.25, 0.3) is 5.91 Å². The second-order valence-corrected chi connectivity index (χ2v) is 4.13. The highest BCUT2D eigenvalue weighted by molar-refractivity contribution is 6.32. The first-order valence-corrected chi connectivity index (χ1v) is 5.68. The molecule has 0 aliphatic heterocycles. The summed E-state index contributed by atoms with van der Waals surface area (Å²) >= 11 is 5.71. The number of aromatic amines is 1. The van der Waals surface area contributed by atoms with E-state index in [1.807, 2.05) is 0 Å². The van der Waals surface area contributed by atoms with E-state index in [-0.39, 0.29) is 10.8 Å². The van der Waals surface area contributed by atoms with Crippen LogP contribution in [0.4, 0.5) is 5.69 Å². The summed E-state index contributed by atoms with van der Waals surface area (Å²) in [7, 11) is 0. The van der Waals surface area contributed by atoms with E-state index in [2.05, 4.69) is 10.3 Å². The van der Waals surface area contributed by atoms with Gasteiger partial charge in [-0.05, 0) is 35.9 Å². The van der Waals surface area contributed by atoms with Crippen molar-refractivity contribution in [3.8, 4) is 0 Å². The van der Waals surface area contributed by atoms with Gasteiger partial charge in [-0.25, -0.2) is 4.79 Å². The number of hydrogen-bond donors (Lipinski definition) is 2. The molecule has 0 saturated carbocycles. The Morgan fingerprint density at radius 3 is 2.89 bits per heavy atom. The maximum Gasteiger partial charge on any atom is 0.417 e. The fourth-order valence-corrected chi connectivity index (χ4v) is 1.88. The second-order valence-electron chi connectivity index (χ2n) is 3.79. The number of halogens is 1. The molecule has 0 atom stereocenters. The van der Waals surface area contributed by atoms with Gasteiger partial charge in [0.15, 0.2) is 5.58 Å². The first-order valence-electron chi connectivity index (χ1n) is 5.31. The minimum Gasteiger partial charge on any atom is -0.452 e. The van der Waals surface area contributed by atoms with Crippen LogP contribution in [0.25, 0.3) is 11.1 Å². The Hall–Kier alpha value is -2.47. The highest BCUT2D eigenvalue weighted by Gasteiger charge is 2.13. The number of oxazole rings is 1. The molecule has 1 aromatic carbocycles. The van der Waals surface area contributed by atoms with Gasteiger partial charge in [-0.2, -0.15) is 0 Å². The third kappa shape index (κ3) is 2.13. The highest BCUT2D eigenvalue weighted by Crippen LogP contribution is 2.20. The van der Waals surface area contributed by atoms with Gasteiger partial charge in [0.05, 0.1) is 17.3 Å². The number of amides is 1. The quantitative estimate of drug-likeness (QED) is 0.754. The lowest BCUT2D eigenvalue weighted by Gasteiger charge is -2.03. The topological polar surface area (TPSA) is 88.2 Å². The van der Waals surface area contributed by atoms with Gasteiger partial charge in [0.1, 0.15) is 0 Å². The monoisotopic (exact) mass is 278 g/mol. The Morgan fingerprint density at radius 2 is 2.16 bits per heavy atom. The number of rotatable bonds is 2. The summed E-state index contributed by atoms with van der Waals surface area (Å²) in [6.07, 6.45) is 1.33. The van der Waals surface area contributed by atoms with E-state index in [0.29, 0.717) is 16.8 Å². The third-order valence-electron chi connectivity index (χ3n) is 2.54. The van der Waals surface area contributed by atoms with Crippen molar-refractivity contribution < 1.29 is 13.6 Å². The minimum absolute atomic E-state index is 0.0234. The van der Waals surface area contributed by atoms with Gasteiger partial charge < -0.3 is 14.2 Å². The molecule has 0 spiro atoms. The number of anilines is 1. The molecule has 2 N–H and O–H groups in total. The predicted octanol–water partition coefficient (Wildman–Crippen LogP) is 2.62. The summed E-state index contributed by atoms with van der Waals surface area (Å²) < 4.78 is 9.70. The summed E-state index contributed by atoms with van der Waals surface area (Å²) in [5, 5.41) is 2.66. The standard InChI is InChI=1S/C12H7ClN2O4/c13-10-7(3-4-18-10)11(16)14-6-1-2-9-8(5-6)15-12(17)19-9/h1-5H,(H,14,16)(H,15,17). The van der Waals surface area contributed by atoms with Crippen LogP contribution in [0.3, 0.4) is 0 Å². The van der Waals surface area contributed by atoms with Crippen molar-refractivity contribution in [2.24, 2.45) is 0 Å². The fourth-order valence-electron chi connectivity index (χ4n) is 1.68. The first-order chi connectivity index (χ1) is 9.13. The van der Waals surface area contributed by atoms with Crippen LogP contribution >= 0.6 is 11.6 Å². The zero-order valence-corrected chi connectivity index (χ0v) is 10.2. The molecule has 0 fully saturated rings. The lowest BCUT2D eigenvalue weighted by Crippen LogP contribution is -2.11. The molecule has 0 unspecified atom stereocenters. The number of nitrogens with one attached hydrogen (secondary N) is 2. The smallest absolute Gasteiger partial charge is 0.417 e. The van der Waals surface area contributed by atoms with E-state index in [4.69, 9.17) is 20.4 Å². The fraction of sp³-hybridized carbons (Fsp3) is 0. The molecule has 0 aliphatic rings. The van der Waals surface area contributed by atoms with Crippen molar-refractivity contribution in [1.82, 2.24) is 4.98 Å². The Kier molecular flexibility index (Phi) is 2.64. The molecule has 1 amide bonds. The van der Waals surface area contributed by atoms with Crippen molar-refractivity contribution in [2.75, 3.05) is 5.32 Å². The molecular weight excluding hydrogens is 272 g/mol. The van der Waals surface area contributed by atoms with Crippen molar-refractivity contribution in [3.05, 3.63) is 51.9 Å². The summed E-state index contributed by atoms with van der Waals surface area (Å²) in [6, 6.07) is 6.26. The largest absolute Gasteiger partial charge is 0.452 e. The number of hydrogen-bond acceptors (Lipinski definition) is 4. The van der Waals surface area contributed by atoms with E-state index in [1.165, 1.54) is 12.3 Å². The summed E-state index contributed by atoms with van der Waals surface area (Å²) in [6.45, 7) is 0. The van der Waals surface area contributed by atoms with E-state index >= 15 is 0 Å². The van der Waals surface area contributed by atoms with Crippen LogP contribution in [0, 0.1) is 0 Å². The lowest BCUT2D eigenvalue weighted by molar-refractivity contribution is 0.102. The normalized spacial score (nSPS) is 10.8. The molecule has 6 nitrogen and oxygen atoms in total. The van der Waals surface area contributed by atoms with E-state index < -0.39 is 11.7 Å². The van der Waals surface area contributed by atoms with Crippen molar-refractivity contribution in [3.63, 3.8) is 0 Å². The summed E-state index contributed by atoms with van der Waals surface area (Å²) in [5.41, 5.74) is 1.67. The summed E-state index contributed by atoms with van der Waals surface area (Å²) in [5.74, 6) is -0.944. The maximum absolute atomic E-state index is 11.9. The molecule has 19 heavy (non-hydrogen) atoms. The SMILES string of the molecule is O=C(Nc1ccc2oc(=O)[nH]c2c1)c1ccoc1Cl. The molecule has 3 rings (SSSR count). The Balaban J connectivity index is 1.91. The number of aromatic nitrogens is 1. The number of H-pyrrole nitrogens is 1. The van der Waals surface area contributed by atoms with Gasteiger partial charge >= 0.3 is 5.76 Å². The number of carbonyl (C=O) groups is 1. The Bertz CT molecular complexity index is 814. The van der Waals surface area contributed by atoms with Crippen LogP contribution in [0.2, 0.25) is 5.22 Å². The summed E-state index contributed by atoms with van der Waals surface area (Å²) in [4.78, 5) is 25.4. The van der Waals surface area contributed by atoms with Gasteiger partial charge in [-0.15, -0.1) is 0 Å².